The Morgan fingerprint density at radius 3 is 2.46 bits per heavy atom. The first-order valence-corrected chi connectivity index (χ1v) is 9.46. The second-order valence-electron chi connectivity index (χ2n) is 7.14. The van der Waals surface area contributed by atoms with E-state index in [1.54, 1.807) is 0 Å². The van der Waals surface area contributed by atoms with Gasteiger partial charge in [0.2, 0.25) is 5.91 Å². The number of nitrogens with two attached hydrogens (primary N) is 1. The first kappa shape index (κ1) is 18.4. The Morgan fingerprint density at radius 1 is 1.15 bits per heavy atom. The van der Waals surface area contributed by atoms with Crippen LogP contribution in [0.5, 0.6) is 0 Å². The summed E-state index contributed by atoms with van der Waals surface area (Å²) in [6, 6.07) is 14.1. The number of rotatable bonds is 5. The maximum atomic E-state index is 13.2. The maximum Gasteiger partial charge on any atom is 0.284 e. The Kier molecular flexibility index (Phi) is 5.57. The number of carbonyl (C=O) groups excluding carboxylic acids is 2. The number of hydrogen-bond acceptors (Lipinski definition) is 2. The molecule has 138 valence electrons. The van der Waals surface area contributed by atoms with Gasteiger partial charge in [-0.25, -0.2) is 0 Å². The van der Waals surface area contributed by atoms with E-state index < -0.39 is 0 Å². The molecule has 1 saturated heterocycles. The van der Waals surface area contributed by atoms with E-state index in [0.717, 1.165) is 42.4 Å². The molecule has 2 amide bonds. The molecule has 5 heteroatoms. The fraction of sp³-hybridized carbons (Fsp3) is 0.429. The highest BCUT2D eigenvalue weighted by molar-refractivity contribution is 6.04. The molecule has 0 saturated carbocycles. The molecule has 0 radical (unpaired) electrons. The largest absolute Gasteiger partial charge is 0.369 e. The van der Waals surface area contributed by atoms with Gasteiger partial charge in [0.25, 0.3) is 5.91 Å². The maximum absolute atomic E-state index is 13.2. The molecule has 0 aliphatic carbocycles. The zero-order valence-corrected chi connectivity index (χ0v) is 15.6. The first-order valence-electron chi connectivity index (χ1n) is 9.46. The van der Waals surface area contributed by atoms with Crippen LogP contribution >= 0.6 is 0 Å². The average Bonchev–Trinajstić information content (AvgIpc) is 2.68. The molecule has 1 fully saturated rings. The molecule has 1 aliphatic heterocycles. The minimum atomic E-state index is -0.214. The standard InChI is InChI=1S/C21H27N3O2/c1-3-24(19-10-6-8-16-7-4-5-9-18(16)19)21(26)15(2)23-13-11-17(12-14-23)20(22)25/h4-10,15,17H,3,11-14H2,1-2H3,(H2,22,25)/p+1/t15-/m1/s1. The van der Waals surface area contributed by atoms with Gasteiger partial charge in [-0.2, -0.15) is 0 Å². The number of likely N-dealkylation sites (N-methyl/N-ethyl adjacent to an activating group) is 1. The third-order valence-corrected chi connectivity index (χ3v) is 5.65. The van der Waals surface area contributed by atoms with Crippen molar-refractivity contribution in [2.24, 2.45) is 11.7 Å². The Morgan fingerprint density at radius 2 is 1.81 bits per heavy atom. The number of piperidine rings is 1. The van der Waals surface area contributed by atoms with Gasteiger partial charge in [-0.05, 0) is 25.3 Å². The van der Waals surface area contributed by atoms with Crippen molar-refractivity contribution in [3.8, 4) is 0 Å². The van der Waals surface area contributed by atoms with E-state index in [4.69, 9.17) is 5.73 Å². The molecule has 1 atom stereocenters. The number of nitrogens with zero attached hydrogens (tertiary/aromatic N) is 1. The van der Waals surface area contributed by atoms with Gasteiger partial charge in [0.1, 0.15) is 0 Å². The van der Waals surface area contributed by atoms with Gasteiger partial charge in [-0.3, -0.25) is 9.59 Å². The number of fused-ring (bicyclic) bond motifs is 1. The number of hydrogen-bond donors (Lipinski definition) is 2. The van der Waals surface area contributed by atoms with Gasteiger partial charge in [0, 0.05) is 30.7 Å². The predicted molar refractivity (Wildman–Crippen MR) is 104 cm³/mol. The summed E-state index contributed by atoms with van der Waals surface area (Å²) in [5.41, 5.74) is 6.39. The highest BCUT2D eigenvalue weighted by atomic mass is 16.2. The lowest BCUT2D eigenvalue weighted by molar-refractivity contribution is -0.919. The zero-order valence-electron chi connectivity index (χ0n) is 15.6. The number of nitrogens with one attached hydrogen (secondary N) is 1. The van der Waals surface area contributed by atoms with Gasteiger partial charge in [-0.1, -0.05) is 36.4 Å². The number of primary amides is 1. The summed E-state index contributed by atoms with van der Waals surface area (Å²) in [7, 11) is 0. The number of quaternary nitrogens is 1. The molecule has 26 heavy (non-hydrogen) atoms. The lowest BCUT2D eigenvalue weighted by Gasteiger charge is -2.34. The van der Waals surface area contributed by atoms with Crippen molar-refractivity contribution in [3.05, 3.63) is 42.5 Å². The number of anilines is 1. The molecule has 0 spiro atoms. The van der Waals surface area contributed by atoms with Crippen LogP contribution < -0.4 is 15.5 Å². The van der Waals surface area contributed by atoms with Crippen LogP contribution in [0.25, 0.3) is 10.8 Å². The normalized spacial score (nSPS) is 21.3. The number of carbonyl (C=O) groups is 2. The van der Waals surface area contributed by atoms with Crippen molar-refractivity contribution in [2.45, 2.75) is 32.7 Å². The minimum Gasteiger partial charge on any atom is -0.369 e. The highest BCUT2D eigenvalue weighted by Gasteiger charge is 2.34. The van der Waals surface area contributed by atoms with Crippen LogP contribution in [0.4, 0.5) is 5.69 Å². The molecule has 3 rings (SSSR count). The van der Waals surface area contributed by atoms with Gasteiger partial charge in [0.15, 0.2) is 6.04 Å². The van der Waals surface area contributed by atoms with E-state index in [1.807, 2.05) is 43.0 Å². The fourth-order valence-corrected chi connectivity index (χ4v) is 4.00. The number of benzene rings is 2. The van der Waals surface area contributed by atoms with E-state index in [-0.39, 0.29) is 23.8 Å². The van der Waals surface area contributed by atoms with Crippen molar-refractivity contribution in [2.75, 3.05) is 24.5 Å². The quantitative estimate of drug-likeness (QED) is 0.851. The van der Waals surface area contributed by atoms with Crippen molar-refractivity contribution in [3.63, 3.8) is 0 Å². The predicted octanol–water partition coefficient (Wildman–Crippen LogP) is 1.36. The lowest BCUT2D eigenvalue weighted by Crippen LogP contribution is -3.17. The smallest absolute Gasteiger partial charge is 0.284 e. The first-order chi connectivity index (χ1) is 12.5. The second-order valence-corrected chi connectivity index (χ2v) is 7.14. The minimum absolute atomic E-state index is 0.0404. The highest BCUT2D eigenvalue weighted by Crippen LogP contribution is 2.27. The molecule has 0 aromatic heterocycles. The third kappa shape index (κ3) is 3.58. The molecule has 1 heterocycles. The van der Waals surface area contributed by atoms with E-state index in [0.29, 0.717) is 6.54 Å². The summed E-state index contributed by atoms with van der Waals surface area (Å²) >= 11 is 0. The molecule has 2 aromatic carbocycles. The van der Waals surface area contributed by atoms with Gasteiger partial charge in [-0.15, -0.1) is 0 Å². The zero-order chi connectivity index (χ0) is 18.7. The van der Waals surface area contributed by atoms with E-state index in [2.05, 4.69) is 18.2 Å². The Labute approximate surface area is 154 Å². The van der Waals surface area contributed by atoms with E-state index in [1.165, 1.54) is 4.90 Å². The van der Waals surface area contributed by atoms with Crippen LogP contribution in [-0.4, -0.2) is 37.5 Å². The van der Waals surface area contributed by atoms with Crippen molar-refractivity contribution in [1.82, 2.24) is 0 Å². The molecule has 5 nitrogen and oxygen atoms in total. The monoisotopic (exact) mass is 354 g/mol. The number of likely N-dealkylation sites (tertiary alicyclic amines) is 1. The second kappa shape index (κ2) is 7.87. The summed E-state index contributed by atoms with van der Waals surface area (Å²) in [6.07, 6.45) is 1.53. The van der Waals surface area contributed by atoms with Crippen molar-refractivity contribution < 1.29 is 14.5 Å². The van der Waals surface area contributed by atoms with E-state index >= 15 is 0 Å². The van der Waals surface area contributed by atoms with E-state index in [9.17, 15) is 9.59 Å². The summed E-state index contributed by atoms with van der Waals surface area (Å²) in [4.78, 5) is 27.7. The molecule has 0 bridgehead atoms. The molecule has 3 N–H and O–H groups in total. The Hall–Kier alpha value is -2.40. The van der Waals surface area contributed by atoms with Crippen molar-refractivity contribution >= 4 is 28.3 Å². The van der Waals surface area contributed by atoms with Gasteiger partial charge < -0.3 is 15.5 Å². The molecule has 0 unspecified atom stereocenters. The molecule has 1 aliphatic rings. The Balaban J connectivity index is 1.79. The van der Waals surface area contributed by atoms with Crippen LogP contribution in [0, 0.1) is 5.92 Å². The molecular formula is C21H28N3O2+. The molecular weight excluding hydrogens is 326 g/mol. The average molecular weight is 354 g/mol. The third-order valence-electron chi connectivity index (χ3n) is 5.65. The van der Waals surface area contributed by atoms with Crippen LogP contribution in [0.15, 0.2) is 42.5 Å². The van der Waals surface area contributed by atoms with Crippen LogP contribution in [0.3, 0.4) is 0 Å². The summed E-state index contributed by atoms with van der Waals surface area (Å²) < 4.78 is 0. The topological polar surface area (TPSA) is 67.8 Å². The Bertz CT molecular complexity index is 791. The molecule has 2 aromatic rings. The van der Waals surface area contributed by atoms with Crippen LogP contribution in [0.2, 0.25) is 0 Å². The number of amides is 2. The van der Waals surface area contributed by atoms with Crippen molar-refractivity contribution in [1.29, 1.82) is 0 Å². The summed E-state index contributed by atoms with van der Waals surface area (Å²) in [5, 5.41) is 2.23. The van der Waals surface area contributed by atoms with Crippen LogP contribution in [0.1, 0.15) is 26.7 Å². The lowest BCUT2D eigenvalue weighted by atomic mass is 9.95. The van der Waals surface area contributed by atoms with Crippen LogP contribution in [-0.2, 0) is 9.59 Å². The summed E-state index contributed by atoms with van der Waals surface area (Å²) in [6.45, 7) is 6.27. The summed E-state index contributed by atoms with van der Waals surface area (Å²) in [5.74, 6) is -0.119. The van der Waals surface area contributed by atoms with Gasteiger partial charge in [0.05, 0.1) is 18.8 Å². The van der Waals surface area contributed by atoms with Gasteiger partial charge >= 0.3 is 0 Å². The fourth-order valence-electron chi connectivity index (χ4n) is 4.00. The SMILES string of the molecule is CCN(C(=O)[C@@H](C)[NH+]1CCC(C(N)=O)CC1)c1cccc2ccccc12.